The summed E-state index contributed by atoms with van der Waals surface area (Å²) in [6.07, 6.45) is 6.90. The second kappa shape index (κ2) is 11.8. The van der Waals surface area contributed by atoms with Crippen LogP contribution in [0.1, 0.15) is 34.6 Å². The number of H-pyrrole nitrogens is 1. The van der Waals surface area contributed by atoms with Gasteiger partial charge in [-0.2, -0.15) is 5.10 Å². The van der Waals surface area contributed by atoms with Gasteiger partial charge in [-0.3, -0.25) is 29.7 Å². The van der Waals surface area contributed by atoms with E-state index in [4.69, 9.17) is 0 Å². The molecule has 3 N–H and O–H groups in total. The molecule has 10 nitrogen and oxygen atoms in total. The number of rotatable bonds is 7. The molecule has 0 spiro atoms. The predicted octanol–water partition coefficient (Wildman–Crippen LogP) is 2.98. The lowest BCUT2D eigenvalue weighted by molar-refractivity contribution is 0.0792. The summed E-state index contributed by atoms with van der Waals surface area (Å²) >= 11 is 0. The van der Waals surface area contributed by atoms with E-state index in [1.807, 2.05) is 42.7 Å². The van der Waals surface area contributed by atoms with Crippen molar-refractivity contribution in [3.63, 3.8) is 0 Å². The Morgan fingerprint density at radius 1 is 0.950 bits per heavy atom. The molecule has 2 saturated heterocycles. The summed E-state index contributed by atoms with van der Waals surface area (Å²) in [5.41, 5.74) is 5.86. The van der Waals surface area contributed by atoms with Crippen molar-refractivity contribution < 1.29 is 9.90 Å². The monoisotopic (exact) mass is 540 g/mol. The smallest absolute Gasteiger partial charge is 0.276 e. The summed E-state index contributed by atoms with van der Waals surface area (Å²) in [5.74, 6) is -0.281. The van der Waals surface area contributed by atoms with E-state index in [0.717, 1.165) is 98.5 Å². The number of aromatic nitrogens is 4. The average molecular weight is 541 g/mol. The quantitative estimate of drug-likeness (QED) is 0.328. The molecule has 1 amide bonds. The van der Waals surface area contributed by atoms with Gasteiger partial charge in [0.1, 0.15) is 0 Å². The van der Waals surface area contributed by atoms with Gasteiger partial charge in [0.15, 0.2) is 5.69 Å². The topological polar surface area (TPSA) is 114 Å². The molecule has 6 rings (SSSR count). The minimum atomic E-state index is -0.281. The highest BCUT2D eigenvalue weighted by molar-refractivity contribution is 6.11. The number of carbonyl (C=O) groups excluding carboxylic acids is 1. The molecule has 0 unspecified atom stereocenters. The number of hydrogen-bond acceptors (Lipinski definition) is 8. The van der Waals surface area contributed by atoms with E-state index < -0.39 is 0 Å². The summed E-state index contributed by atoms with van der Waals surface area (Å²) in [5, 5.41) is 20.8. The van der Waals surface area contributed by atoms with E-state index >= 15 is 0 Å². The molecule has 0 saturated carbocycles. The molecule has 0 atom stereocenters. The Morgan fingerprint density at radius 2 is 1.75 bits per heavy atom. The van der Waals surface area contributed by atoms with E-state index in [1.165, 1.54) is 0 Å². The predicted molar refractivity (Wildman–Crippen MR) is 155 cm³/mol. The molecule has 0 bridgehead atoms. The lowest BCUT2D eigenvalue weighted by Gasteiger charge is -2.32. The number of piperazine rings is 1. The van der Waals surface area contributed by atoms with Gasteiger partial charge in [0.05, 0.1) is 29.2 Å². The molecule has 0 aliphatic carbocycles. The molecule has 5 heterocycles. The Hall–Kier alpha value is -3.70. The number of piperidine rings is 1. The van der Waals surface area contributed by atoms with Gasteiger partial charge in [-0.25, -0.2) is 0 Å². The third kappa shape index (κ3) is 6.20. The summed E-state index contributed by atoms with van der Waals surface area (Å²) in [7, 11) is 2.15. The zero-order valence-electron chi connectivity index (χ0n) is 22.9. The number of benzene rings is 1. The zero-order chi connectivity index (χ0) is 27.5. The van der Waals surface area contributed by atoms with Crippen LogP contribution in [-0.2, 0) is 13.1 Å². The fraction of sp³-hybridized carbons (Fsp3) is 0.400. The number of pyridine rings is 2. The number of hydrogen-bond donors (Lipinski definition) is 3. The van der Waals surface area contributed by atoms with Crippen LogP contribution >= 0.6 is 0 Å². The molecule has 208 valence electrons. The number of aromatic amines is 1. The number of amides is 1. The number of anilines is 1. The Kier molecular flexibility index (Phi) is 7.83. The molecule has 2 aliphatic rings. The largest absolute Gasteiger partial charge is 0.393 e. The van der Waals surface area contributed by atoms with Crippen LogP contribution in [0.5, 0.6) is 0 Å². The van der Waals surface area contributed by atoms with Crippen molar-refractivity contribution in [1.29, 1.82) is 0 Å². The first kappa shape index (κ1) is 26.5. The number of nitrogens with one attached hydrogen (secondary N) is 2. The molecular weight excluding hydrogens is 504 g/mol. The SMILES string of the molecule is CN1CCN(Cc2ccc(NC(=O)c3n[nH]c4ccc(-c5cncc(CN6CCC(O)CC6)c5)cc34)cn2)CC1. The zero-order valence-corrected chi connectivity index (χ0v) is 22.9. The Morgan fingerprint density at radius 3 is 2.52 bits per heavy atom. The van der Waals surface area contributed by atoms with Gasteiger partial charge in [0.25, 0.3) is 5.91 Å². The van der Waals surface area contributed by atoms with Crippen molar-refractivity contribution in [1.82, 2.24) is 34.9 Å². The summed E-state index contributed by atoms with van der Waals surface area (Å²) < 4.78 is 0. The van der Waals surface area contributed by atoms with Crippen LogP contribution in [-0.4, -0.2) is 98.3 Å². The van der Waals surface area contributed by atoms with Crippen molar-refractivity contribution in [3.8, 4) is 11.1 Å². The van der Waals surface area contributed by atoms with Crippen LogP contribution in [0.25, 0.3) is 22.0 Å². The molecule has 0 radical (unpaired) electrons. The van der Waals surface area contributed by atoms with Crippen molar-refractivity contribution >= 4 is 22.5 Å². The maximum Gasteiger partial charge on any atom is 0.276 e. The number of likely N-dealkylation sites (tertiary alicyclic amines) is 1. The number of aliphatic hydroxyl groups is 1. The maximum atomic E-state index is 13.2. The molecule has 3 aromatic heterocycles. The van der Waals surface area contributed by atoms with Gasteiger partial charge in [-0.15, -0.1) is 0 Å². The van der Waals surface area contributed by atoms with Gasteiger partial charge in [-0.1, -0.05) is 6.07 Å². The Balaban J connectivity index is 1.13. The van der Waals surface area contributed by atoms with Crippen LogP contribution in [0.2, 0.25) is 0 Å². The summed E-state index contributed by atoms with van der Waals surface area (Å²) in [4.78, 5) is 29.3. The molecule has 2 aliphatic heterocycles. The highest BCUT2D eigenvalue weighted by Crippen LogP contribution is 2.27. The second-order valence-corrected chi connectivity index (χ2v) is 11.0. The van der Waals surface area contributed by atoms with Gasteiger partial charge in [-0.05, 0) is 61.3 Å². The van der Waals surface area contributed by atoms with Gasteiger partial charge in [0, 0.05) is 75.7 Å². The average Bonchev–Trinajstić information content (AvgIpc) is 3.40. The third-order valence-corrected chi connectivity index (χ3v) is 7.93. The second-order valence-electron chi connectivity index (χ2n) is 11.0. The van der Waals surface area contributed by atoms with E-state index in [9.17, 15) is 9.90 Å². The minimum Gasteiger partial charge on any atom is -0.393 e. The van der Waals surface area contributed by atoms with Crippen molar-refractivity contribution in [2.24, 2.45) is 0 Å². The number of fused-ring (bicyclic) bond motifs is 1. The lowest BCUT2D eigenvalue weighted by atomic mass is 10.0. The Labute approximate surface area is 234 Å². The first-order valence-corrected chi connectivity index (χ1v) is 14.0. The van der Waals surface area contributed by atoms with Crippen molar-refractivity contribution in [2.45, 2.75) is 32.0 Å². The van der Waals surface area contributed by atoms with Crippen LogP contribution in [0.3, 0.4) is 0 Å². The highest BCUT2D eigenvalue weighted by Gasteiger charge is 2.19. The maximum absolute atomic E-state index is 13.2. The first-order valence-electron chi connectivity index (χ1n) is 14.0. The molecule has 2 fully saturated rings. The lowest BCUT2D eigenvalue weighted by Crippen LogP contribution is -2.43. The number of carbonyl (C=O) groups is 1. The van der Waals surface area contributed by atoms with E-state index in [0.29, 0.717) is 11.4 Å². The standard InChI is InChI=1S/C30H36N8O2/c1-36-10-12-38(13-11-36)20-25-4-3-24(18-32-25)33-30(40)29-27-15-22(2-5-28(27)34-35-29)23-14-21(16-31-17-23)19-37-8-6-26(39)7-9-37/h2-5,14-18,26,39H,6-13,19-20H2,1H3,(H,33,40)(H,34,35). The fourth-order valence-electron chi connectivity index (χ4n) is 5.45. The van der Waals surface area contributed by atoms with Crippen molar-refractivity contribution in [3.05, 3.63) is 71.9 Å². The number of likely N-dealkylation sites (N-methyl/N-ethyl adjacent to an activating group) is 1. The normalized spacial score (nSPS) is 17.9. The van der Waals surface area contributed by atoms with E-state index in [2.05, 4.69) is 53.3 Å². The van der Waals surface area contributed by atoms with E-state index in [-0.39, 0.29) is 12.0 Å². The van der Waals surface area contributed by atoms with Gasteiger partial charge >= 0.3 is 0 Å². The molecule has 1 aromatic carbocycles. The molecule has 10 heteroatoms. The van der Waals surface area contributed by atoms with Gasteiger partial charge in [0.2, 0.25) is 0 Å². The van der Waals surface area contributed by atoms with Crippen LogP contribution in [0, 0.1) is 0 Å². The van der Waals surface area contributed by atoms with Crippen LogP contribution in [0.15, 0.2) is 55.0 Å². The Bertz CT molecular complexity index is 1450. The first-order chi connectivity index (χ1) is 19.5. The molecular formula is C30H36N8O2. The number of aliphatic hydroxyl groups excluding tert-OH is 1. The highest BCUT2D eigenvalue weighted by atomic mass is 16.3. The fourth-order valence-corrected chi connectivity index (χ4v) is 5.45. The van der Waals surface area contributed by atoms with Crippen LogP contribution in [0.4, 0.5) is 5.69 Å². The number of nitrogens with zero attached hydrogens (tertiary/aromatic N) is 6. The minimum absolute atomic E-state index is 0.184. The summed E-state index contributed by atoms with van der Waals surface area (Å²) in [6, 6.07) is 12.0. The van der Waals surface area contributed by atoms with Crippen molar-refractivity contribution in [2.75, 3.05) is 51.6 Å². The van der Waals surface area contributed by atoms with Gasteiger partial charge < -0.3 is 15.3 Å². The molecule has 40 heavy (non-hydrogen) atoms. The van der Waals surface area contributed by atoms with Crippen LogP contribution < -0.4 is 5.32 Å². The third-order valence-electron chi connectivity index (χ3n) is 7.93. The summed E-state index contributed by atoms with van der Waals surface area (Å²) in [6.45, 7) is 7.60. The molecule has 4 aromatic rings. The van der Waals surface area contributed by atoms with E-state index in [1.54, 1.807) is 6.20 Å².